The van der Waals surface area contributed by atoms with Gasteiger partial charge >= 0.3 is 0 Å². The van der Waals surface area contributed by atoms with Crippen LogP contribution in [0.25, 0.3) is 0 Å². The number of β-amino-alcohol motifs (C(OH)–C–C–N with tert-alkyl or cyclic N) is 1. The molecular weight excluding hydrogens is 288 g/mol. The van der Waals surface area contributed by atoms with Crippen molar-refractivity contribution < 1.29 is 5.11 Å². The van der Waals surface area contributed by atoms with Crippen LogP contribution in [-0.2, 0) is 6.54 Å². The summed E-state index contributed by atoms with van der Waals surface area (Å²) in [5.41, 5.74) is 0. The van der Waals surface area contributed by atoms with Crippen molar-refractivity contribution in [3.8, 4) is 0 Å². The minimum Gasteiger partial charge on any atom is -0.390 e. The molecule has 2 aromatic rings. The standard InChI is InChI=1S/C13H18N6OS/c1-9-17-18-12(21-9)8-19-6-3-10(11(20)7-19)16-13-14-4-2-5-15-13/h2,4-5,10-11,20H,3,6-8H2,1H3,(H,14,15,16)/t10-,11-/m1/s1. The zero-order valence-corrected chi connectivity index (χ0v) is 12.6. The third kappa shape index (κ3) is 3.72. The Morgan fingerprint density at radius 1 is 1.38 bits per heavy atom. The Morgan fingerprint density at radius 2 is 2.19 bits per heavy atom. The largest absolute Gasteiger partial charge is 0.390 e. The lowest BCUT2D eigenvalue weighted by molar-refractivity contribution is 0.0558. The molecule has 3 heterocycles. The summed E-state index contributed by atoms with van der Waals surface area (Å²) >= 11 is 1.60. The smallest absolute Gasteiger partial charge is 0.222 e. The molecule has 8 heteroatoms. The van der Waals surface area contributed by atoms with Gasteiger partial charge in [0.1, 0.15) is 10.0 Å². The van der Waals surface area contributed by atoms with Gasteiger partial charge in [-0.2, -0.15) is 0 Å². The predicted octanol–water partition coefficient (Wildman–Crippen LogP) is 0.684. The van der Waals surface area contributed by atoms with Crippen LogP contribution in [0.3, 0.4) is 0 Å². The van der Waals surface area contributed by atoms with E-state index >= 15 is 0 Å². The monoisotopic (exact) mass is 306 g/mol. The number of piperidine rings is 1. The van der Waals surface area contributed by atoms with Crippen molar-refractivity contribution in [1.82, 2.24) is 25.1 Å². The molecule has 2 aromatic heterocycles. The van der Waals surface area contributed by atoms with Gasteiger partial charge in [-0.05, 0) is 19.4 Å². The summed E-state index contributed by atoms with van der Waals surface area (Å²) in [7, 11) is 0. The highest BCUT2D eigenvalue weighted by atomic mass is 32.1. The molecule has 1 fully saturated rings. The third-order valence-electron chi connectivity index (χ3n) is 3.47. The van der Waals surface area contributed by atoms with Gasteiger partial charge in [0.25, 0.3) is 0 Å². The Balaban J connectivity index is 1.54. The summed E-state index contributed by atoms with van der Waals surface area (Å²) in [6, 6.07) is 1.76. The van der Waals surface area contributed by atoms with E-state index in [2.05, 4.69) is 30.4 Å². The van der Waals surface area contributed by atoms with E-state index in [4.69, 9.17) is 0 Å². The Kier molecular flexibility index (Phi) is 4.37. The number of aliphatic hydroxyl groups excluding tert-OH is 1. The number of hydrogen-bond acceptors (Lipinski definition) is 8. The zero-order valence-electron chi connectivity index (χ0n) is 11.8. The summed E-state index contributed by atoms with van der Waals surface area (Å²) in [5, 5.41) is 23.6. The minimum atomic E-state index is -0.448. The number of aryl methyl sites for hydroxylation is 1. The number of aromatic nitrogens is 4. The van der Waals surface area contributed by atoms with Crippen LogP contribution in [-0.4, -0.2) is 55.4 Å². The number of nitrogens with one attached hydrogen (secondary N) is 1. The summed E-state index contributed by atoms with van der Waals surface area (Å²) < 4.78 is 0. The molecule has 0 bridgehead atoms. The maximum absolute atomic E-state index is 10.3. The van der Waals surface area contributed by atoms with Gasteiger partial charge < -0.3 is 10.4 Å². The summed E-state index contributed by atoms with van der Waals surface area (Å²) in [6.07, 6.45) is 3.78. The van der Waals surface area contributed by atoms with Crippen LogP contribution in [0, 0.1) is 6.92 Å². The molecule has 2 atom stereocenters. The molecule has 112 valence electrons. The van der Waals surface area contributed by atoms with Gasteiger partial charge in [-0.3, -0.25) is 4.90 Å². The molecule has 1 saturated heterocycles. The number of hydrogen-bond donors (Lipinski definition) is 2. The molecule has 1 aliphatic rings. The second kappa shape index (κ2) is 6.42. The fourth-order valence-electron chi connectivity index (χ4n) is 2.44. The molecule has 2 N–H and O–H groups in total. The predicted molar refractivity (Wildman–Crippen MR) is 80.0 cm³/mol. The van der Waals surface area contributed by atoms with Crippen molar-refractivity contribution >= 4 is 17.3 Å². The van der Waals surface area contributed by atoms with Gasteiger partial charge in [0.2, 0.25) is 5.95 Å². The lowest BCUT2D eigenvalue weighted by Gasteiger charge is -2.35. The maximum Gasteiger partial charge on any atom is 0.222 e. The van der Waals surface area contributed by atoms with E-state index in [0.29, 0.717) is 12.5 Å². The van der Waals surface area contributed by atoms with Crippen LogP contribution in [0.5, 0.6) is 0 Å². The molecule has 0 saturated carbocycles. The highest BCUT2D eigenvalue weighted by molar-refractivity contribution is 7.11. The molecule has 0 aromatic carbocycles. The Morgan fingerprint density at radius 3 is 2.86 bits per heavy atom. The van der Waals surface area contributed by atoms with Gasteiger partial charge in [-0.15, -0.1) is 21.5 Å². The maximum atomic E-state index is 10.3. The van der Waals surface area contributed by atoms with Crippen molar-refractivity contribution in [2.24, 2.45) is 0 Å². The third-order valence-corrected chi connectivity index (χ3v) is 4.30. The summed E-state index contributed by atoms with van der Waals surface area (Å²) in [4.78, 5) is 10.5. The van der Waals surface area contributed by atoms with Crippen LogP contribution < -0.4 is 5.32 Å². The number of likely N-dealkylation sites (tertiary alicyclic amines) is 1. The highest BCUT2D eigenvalue weighted by Crippen LogP contribution is 2.18. The fraction of sp³-hybridized carbons (Fsp3) is 0.538. The first-order valence-electron chi connectivity index (χ1n) is 6.93. The number of rotatable bonds is 4. The van der Waals surface area contributed by atoms with Gasteiger partial charge in [-0.1, -0.05) is 0 Å². The van der Waals surface area contributed by atoms with Gasteiger partial charge in [0.15, 0.2) is 0 Å². The first kappa shape index (κ1) is 14.3. The van der Waals surface area contributed by atoms with Crippen LogP contribution in [0.1, 0.15) is 16.4 Å². The second-order valence-corrected chi connectivity index (χ2v) is 6.40. The average Bonchev–Trinajstić information content (AvgIpc) is 2.88. The van der Waals surface area contributed by atoms with E-state index in [0.717, 1.165) is 29.5 Å². The molecule has 1 aliphatic heterocycles. The van der Waals surface area contributed by atoms with Crippen molar-refractivity contribution in [2.75, 3.05) is 18.4 Å². The molecule has 7 nitrogen and oxygen atoms in total. The Labute approximate surface area is 127 Å². The second-order valence-electron chi connectivity index (χ2n) is 5.13. The van der Waals surface area contributed by atoms with Crippen molar-refractivity contribution in [1.29, 1.82) is 0 Å². The van der Waals surface area contributed by atoms with E-state index in [1.807, 2.05) is 6.92 Å². The molecule has 0 radical (unpaired) electrons. The quantitative estimate of drug-likeness (QED) is 0.859. The SMILES string of the molecule is Cc1nnc(CN2CC[C@@H](Nc3ncccn3)[C@H](O)C2)s1. The topological polar surface area (TPSA) is 87.1 Å². The highest BCUT2D eigenvalue weighted by Gasteiger charge is 2.28. The van der Waals surface area contributed by atoms with Gasteiger partial charge in [0.05, 0.1) is 18.7 Å². The van der Waals surface area contributed by atoms with E-state index in [1.54, 1.807) is 29.8 Å². The van der Waals surface area contributed by atoms with Crippen LogP contribution in [0.4, 0.5) is 5.95 Å². The normalized spacial score (nSPS) is 23.1. The minimum absolute atomic E-state index is 0.0141. The van der Waals surface area contributed by atoms with Crippen molar-refractivity contribution in [3.63, 3.8) is 0 Å². The van der Waals surface area contributed by atoms with Crippen LogP contribution in [0.2, 0.25) is 0 Å². The molecular formula is C13H18N6OS. The van der Waals surface area contributed by atoms with Crippen LogP contribution in [0.15, 0.2) is 18.5 Å². The van der Waals surface area contributed by atoms with E-state index in [9.17, 15) is 5.11 Å². The molecule has 21 heavy (non-hydrogen) atoms. The molecule has 3 rings (SSSR count). The first-order valence-corrected chi connectivity index (χ1v) is 7.75. The fourth-order valence-corrected chi connectivity index (χ4v) is 3.19. The lowest BCUT2D eigenvalue weighted by Crippen LogP contribution is -2.49. The van der Waals surface area contributed by atoms with Crippen LogP contribution >= 0.6 is 11.3 Å². The Hall–Kier alpha value is -1.64. The number of anilines is 1. The van der Waals surface area contributed by atoms with Crippen molar-refractivity contribution in [2.45, 2.75) is 32.0 Å². The first-order chi connectivity index (χ1) is 10.2. The van der Waals surface area contributed by atoms with E-state index in [1.165, 1.54) is 0 Å². The molecule has 0 unspecified atom stereocenters. The van der Waals surface area contributed by atoms with Gasteiger partial charge in [-0.25, -0.2) is 9.97 Å². The molecule has 0 aliphatic carbocycles. The van der Waals surface area contributed by atoms with Gasteiger partial charge in [0, 0.05) is 25.5 Å². The van der Waals surface area contributed by atoms with Crippen molar-refractivity contribution in [3.05, 3.63) is 28.5 Å². The molecule has 0 spiro atoms. The zero-order chi connectivity index (χ0) is 14.7. The Bertz CT molecular complexity index is 577. The molecule has 0 amide bonds. The van der Waals surface area contributed by atoms with E-state index < -0.39 is 6.10 Å². The number of nitrogens with zero attached hydrogens (tertiary/aromatic N) is 5. The average molecular weight is 306 g/mol. The lowest BCUT2D eigenvalue weighted by atomic mass is 10.0. The van der Waals surface area contributed by atoms with E-state index in [-0.39, 0.29) is 6.04 Å². The number of aliphatic hydroxyl groups is 1. The summed E-state index contributed by atoms with van der Waals surface area (Å²) in [6.45, 7) is 4.21. The summed E-state index contributed by atoms with van der Waals surface area (Å²) in [5.74, 6) is 0.565.